The van der Waals surface area contributed by atoms with Crippen LogP contribution in [0.15, 0.2) is 18.2 Å². The summed E-state index contributed by atoms with van der Waals surface area (Å²) in [4.78, 5) is 2.74. The van der Waals surface area contributed by atoms with Crippen LogP contribution in [0.3, 0.4) is 0 Å². The molecular formula is C17H25NO. The van der Waals surface area contributed by atoms with E-state index in [9.17, 15) is 0 Å². The second-order valence-corrected chi connectivity index (χ2v) is 5.96. The molecule has 2 aliphatic rings. The van der Waals surface area contributed by atoms with Crippen molar-refractivity contribution in [3.8, 4) is 5.75 Å². The maximum Gasteiger partial charge on any atom is 0.119 e. The SMILES string of the molecule is CCCN1CCC[C@H]2c3ccc(OC)cc3CC[C@H]21. The fourth-order valence-electron chi connectivity index (χ4n) is 4.03. The van der Waals surface area contributed by atoms with E-state index < -0.39 is 0 Å². The molecule has 0 saturated carbocycles. The lowest BCUT2D eigenvalue weighted by Crippen LogP contribution is -2.46. The lowest BCUT2D eigenvalue weighted by molar-refractivity contribution is 0.112. The Kier molecular flexibility index (Phi) is 3.79. The van der Waals surface area contributed by atoms with Crippen molar-refractivity contribution in [2.75, 3.05) is 20.2 Å². The average Bonchev–Trinajstić information content (AvgIpc) is 2.47. The molecule has 2 atom stereocenters. The summed E-state index contributed by atoms with van der Waals surface area (Å²) in [5, 5.41) is 0. The van der Waals surface area contributed by atoms with Gasteiger partial charge < -0.3 is 4.74 Å². The van der Waals surface area contributed by atoms with Crippen molar-refractivity contribution in [1.29, 1.82) is 0 Å². The van der Waals surface area contributed by atoms with Gasteiger partial charge in [0.2, 0.25) is 0 Å². The monoisotopic (exact) mass is 259 g/mol. The summed E-state index contributed by atoms with van der Waals surface area (Å²) in [6, 6.07) is 7.50. The Morgan fingerprint density at radius 1 is 1.32 bits per heavy atom. The molecule has 2 heteroatoms. The van der Waals surface area contributed by atoms with Crippen LogP contribution < -0.4 is 4.74 Å². The van der Waals surface area contributed by atoms with Gasteiger partial charge in [-0.25, -0.2) is 0 Å². The highest BCUT2D eigenvalue weighted by molar-refractivity contribution is 5.40. The normalized spacial score (nSPS) is 26.6. The fraction of sp³-hybridized carbons (Fsp3) is 0.647. The van der Waals surface area contributed by atoms with Crippen molar-refractivity contribution in [3.63, 3.8) is 0 Å². The number of ether oxygens (including phenoxy) is 1. The van der Waals surface area contributed by atoms with Crippen LogP contribution >= 0.6 is 0 Å². The highest BCUT2D eigenvalue weighted by Gasteiger charge is 2.35. The zero-order chi connectivity index (χ0) is 13.2. The number of benzene rings is 1. The zero-order valence-electron chi connectivity index (χ0n) is 12.2. The van der Waals surface area contributed by atoms with Gasteiger partial charge >= 0.3 is 0 Å². The molecule has 1 aromatic rings. The quantitative estimate of drug-likeness (QED) is 0.822. The highest BCUT2D eigenvalue weighted by Crippen LogP contribution is 2.41. The van der Waals surface area contributed by atoms with Gasteiger partial charge in [-0.2, -0.15) is 0 Å². The van der Waals surface area contributed by atoms with E-state index in [1.54, 1.807) is 12.7 Å². The minimum atomic E-state index is 0.759. The fourth-order valence-corrected chi connectivity index (χ4v) is 4.03. The topological polar surface area (TPSA) is 12.5 Å². The Labute approximate surface area is 116 Å². The third-order valence-electron chi connectivity index (χ3n) is 4.86. The number of rotatable bonds is 3. The molecular weight excluding hydrogens is 234 g/mol. The van der Waals surface area contributed by atoms with Crippen molar-refractivity contribution in [3.05, 3.63) is 29.3 Å². The number of fused-ring (bicyclic) bond motifs is 3. The molecule has 1 fully saturated rings. The van der Waals surface area contributed by atoms with Gasteiger partial charge in [0.15, 0.2) is 0 Å². The number of hydrogen-bond acceptors (Lipinski definition) is 2. The second kappa shape index (κ2) is 5.54. The van der Waals surface area contributed by atoms with Gasteiger partial charge in [-0.1, -0.05) is 13.0 Å². The Bertz CT molecular complexity index is 441. The maximum absolute atomic E-state index is 5.37. The molecule has 0 unspecified atom stereocenters. The molecule has 19 heavy (non-hydrogen) atoms. The summed E-state index contributed by atoms with van der Waals surface area (Å²) in [5.74, 6) is 1.77. The largest absolute Gasteiger partial charge is 0.497 e. The number of hydrogen-bond donors (Lipinski definition) is 0. The summed E-state index contributed by atoms with van der Waals surface area (Å²) in [5.41, 5.74) is 3.12. The van der Waals surface area contributed by atoms with Crippen molar-refractivity contribution in [1.82, 2.24) is 4.90 Å². The van der Waals surface area contributed by atoms with Crippen molar-refractivity contribution >= 4 is 0 Å². The predicted molar refractivity (Wildman–Crippen MR) is 78.9 cm³/mol. The molecule has 0 spiro atoms. The summed E-state index contributed by atoms with van der Waals surface area (Å²) in [7, 11) is 1.76. The molecule has 0 amide bonds. The molecule has 1 aromatic carbocycles. The Morgan fingerprint density at radius 3 is 3.00 bits per heavy atom. The van der Waals surface area contributed by atoms with E-state index >= 15 is 0 Å². The Hall–Kier alpha value is -1.02. The molecule has 0 bridgehead atoms. The van der Waals surface area contributed by atoms with Gasteiger partial charge in [0.05, 0.1) is 7.11 Å². The number of likely N-dealkylation sites (tertiary alicyclic amines) is 1. The second-order valence-electron chi connectivity index (χ2n) is 5.96. The van der Waals surface area contributed by atoms with E-state index in [1.165, 1.54) is 50.8 Å². The molecule has 1 heterocycles. The third kappa shape index (κ3) is 2.38. The lowest BCUT2D eigenvalue weighted by atomic mass is 9.74. The molecule has 1 aliphatic heterocycles. The van der Waals surface area contributed by atoms with Crippen LogP contribution in [0.5, 0.6) is 5.75 Å². The van der Waals surface area contributed by atoms with Gasteiger partial charge in [0.1, 0.15) is 5.75 Å². The Balaban J connectivity index is 1.88. The van der Waals surface area contributed by atoms with Crippen LogP contribution in [-0.2, 0) is 6.42 Å². The summed E-state index contributed by atoms with van der Waals surface area (Å²) < 4.78 is 5.37. The van der Waals surface area contributed by atoms with Gasteiger partial charge in [0, 0.05) is 6.04 Å². The lowest BCUT2D eigenvalue weighted by Gasteiger charge is -2.45. The van der Waals surface area contributed by atoms with Crippen molar-refractivity contribution in [2.45, 2.75) is 51.0 Å². The van der Waals surface area contributed by atoms with E-state index in [0.717, 1.165) is 17.7 Å². The van der Waals surface area contributed by atoms with Crippen LogP contribution in [0, 0.1) is 0 Å². The van der Waals surface area contributed by atoms with E-state index in [1.807, 2.05) is 0 Å². The number of nitrogens with zero attached hydrogens (tertiary/aromatic N) is 1. The van der Waals surface area contributed by atoms with Crippen LogP contribution in [-0.4, -0.2) is 31.1 Å². The first-order chi connectivity index (χ1) is 9.33. The summed E-state index contributed by atoms with van der Waals surface area (Å²) in [6.45, 7) is 4.87. The smallest absolute Gasteiger partial charge is 0.119 e. The van der Waals surface area contributed by atoms with Crippen LogP contribution in [0.1, 0.15) is 49.7 Å². The van der Waals surface area contributed by atoms with Gasteiger partial charge in [0.25, 0.3) is 0 Å². The molecule has 3 rings (SSSR count). The van der Waals surface area contributed by atoms with E-state index in [2.05, 4.69) is 30.0 Å². The predicted octanol–water partition coefficient (Wildman–Crippen LogP) is 3.60. The van der Waals surface area contributed by atoms with Crippen molar-refractivity contribution < 1.29 is 4.74 Å². The first kappa shape index (κ1) is 13.0. The van der Waals surface area contributed by atoms with E-state index in [4.69, 9.17) is 4.74 Å². The first-order valence-electron chi connectivity index (χ1n) is 7.74. The molecule has 1 aliphatic carbocycles. The zero-order valence-corrected chi connectivity index (χ0v) is 12.2. The van der Waals surface area contributed by atoms with Gasteiger partial charge in [-0.15, -0.1) is 0 Å². The molecule has 104 valence electrons. The molecule has 0 radical (unpaired) electrons. The van der Waals surface area contributed by atoms with Gasteiger partial charge in [-0.3, -0.25) is 4.90 Å². The minimum Gasteiger partial charge on any atom is -0.497 e. The molecule has 0 N–H and O–H groups in total. The summed E-state index contributed by atoms with van der Waals surface area (Å²) in [6.07, 6.45) is 6.54. The number of aryl methyl sites for hydroxylation is 1. The van der Waals surface area contributed by atoms with Crippen LogP contribution in [0.25, 0.3) is 0 Å². The minimum absolute atomic E-state index is 0.759. The van der Waals surface area contributed by atoms with E-state index in [-0.39, 0.29) is 0 Å². The maximum atomic E-state index is 5.37. The Morgan fingerprint density at radius 2 is 2.21 bits per heavy atom. The highest BCUT2D eigenvalue weighted by atomic mass is 16.5. The third-order valence-corrected chi connectivity index (χ3v) is 4.86. The first-order valence-corrected chi connectivity index (χ1v) is 7.74. The van der Waals surface area contributed by atoms with Crippen molar-refractivity contribution in [2.24, 2.45) is 0 Å². The summed E-state index contributed by atoms with van der Waals surface area (Å²) >= 11 is 0. The number of methoxy groups -OCH3 is 1. The average molecular weight is 259 g/mol. The number of piperidine rings is 1. The van der Waals surface area contributed by atoms with Gasteiger partial charge in [-0.05, 0) is 74.4 Å². The molecule has 0 aromatic heterocycles. The molecule has 1 saturated heterocycles. The molecule has 2 nitrogen and oxygen atoms in total. The van der Waals surface area contributed by atoms with Crippen LogP contribution in [0.2, 0.25) is 0 Å². The van der Waals surface area contributed by atoms with E-state index in [0.29, 0.717) is 0 Å². The van der Waals surface area contributed by atoms with Crippen LogP contribution in [0.4, 0.5) is 0 Å². The standard InChI is InChI=1S/C17H25NO/c1-3-10-18-11-4-5-16-15-8-7-14(19-2)12-13(15)6-9-17(16)18/h7-8,12,16-17H,3-6,9-11H2,1-2H3/t16-,17+/m0/s1.